The molecule has 7 heteroatoms. The summed E-state index contributed by atoms with van der Waals surface area (Å²) in [6.45, 7) is 3.90. The second-order valence-corrected chi connectivity index (χ2v) is 8.76. The Bertz CT molecular complexity index is 1230. The van der Waals surface area contributed by atoms with Gasteiger partial charge in [-0.25, -0.2) is 13.5 Å². The van der Waals surface area contributed by atoms with E-state index in [1.165, 1.54) is 12.1 Å². The molecule has 5 rings (SSSR count). The van der Waals surface area contributed by atoms with Gasteiger partial charge in [0.25, 0.3) is 0 Å². The van der Waals surface area contributed by atoms with E-state index >= 15 is 0 Å². The monoisotopic (exact) mass is 439 g/mol. The van der Waals surface area contributed by atoms with E-state index in [2.05, 4.69) is 5.32 Å². The largest absolute Gasteiger partial charge is 0.343 e. The fourth-order valence-electron chi connectivity index (χ4n) is 4.68. The average Bonchev–Trinajstić information content (AvgIpc) is 3.01. The zero-order valence-electron chi connectivity index (χ0n) is 17.0. The molecule has 0 saturated carbocycles. The van der Waals surface area contributed by atoms with Gasteiger partial charge in [-0.3, -0.25) is 4.79 Å². The number of halogens is 3. The maximum atomic E-state index is 14.1. The number of ketones is 1. The number of Topliss-reactive ketones (excluding diaryl/α,β-unsaturated/α-hetero) is 1. The minimum Gasteiger partial charge on any atom is -0.343 e. The van der Waals surface area contributed by atoms with Crippen molar-refractivity contribution in [2.45, 2.75) is 32.7 Å². The molecular weight excluding hydrogens is 420 g/mol. The Morgan fingerprint density at radius 1 is 1.10 bits per heavy atom. The number of rotatable bonds is 2. The smallest absolute Gasteiger partial charge is 0.163 e. The Balaban J connectivity index is 1.76. The van der Waals surface area contributed by atoms with Crippen molar-refractivity contribution in [1.29, 1.82) is 0 Å². The number of carbonyl (C=O) groups is 1. The summed E-state index contributed by atoms with van der Waals surface area (Å²) in [5.41, 5.74) is 4.21. The SMILES string of the molecule is Cc1nn2c(c1-c1ccc(Cl)cc1)NC1=C(C(=O)CC(C)C1)C2c1cc(F)cc(F)c1. The summed E-state index contributed by atoms with van der Waals surface area (Å²) in [6, 6.07) is 10.1. The predicted octanol–water partition coefficient (Wildman–Crippen LogP) is 6.06. The Labute approximate surface area is 183 Å². The number of allylic oxidation sites excluding steroid dienone is 2. The van der Waals surface area contributed by atoms with Crippen molar-refractivity contribution in [3.8, 4) is 11.1 Å². The van der Waals surface area contributed by atoms with Crippen LogP contribution in [0, 0.1) is 24.5 Å². The van der Waals surface area contributed by atoms with Gasteiger partial charge >= 0.3 is 0 Å². The van der Waals surface area contributed by atoms with E-state index in [0.717, 1.165) is 28.6 Å². The quantitative estimate of drug-likeness (QED) is 0.528. The first-order chi connectivity index (χ1) is 14.8. The minimum absolute atomic E-state index is 0.0252. The first-order valence-electron chi connectivity index (χ1n) is 10.2. The van der Waals surface area contributed by atoms with Gasteiger partial charge in [0.2, 0.25) is 0 Å². The van der Waals surface area contributed by atoms with Crippen LogP contribution >= 0.6 is 11.6 Å². The third-order valence-corrected chi connectivity index (χ3v) is 6.17. The molecule has 0 fully saturated rings. The summed E-state index contributed by atoms with van der Waals surface area (Å²) in [6.07, 6.45) is 1.08. The summed E-state index contributed by atoms with van der Waals surface area (Å²) in [7, 11) is 0. The summed E-state index contributed by atoms with van der Waals surface area (Å²) < 4.78 is 29.9. The van der Waals surface area contributed by atoms with E-state index in [-0.39, 0.29) is 11.7 Å². The lowest BCUT2D eigenvalue weighted by molar-refractivity contribution is -0.117. The summed E-state index contributed by atoms with van der Waals surface area (Å²) in [5.74, 6) is -0.512. The second kappa shape index (κ2) is 7.31. The van der Waals surface area contributed by atoms with Gasteiger partial charge in [0.05, 0.1) is 5.69 Å². The number of fused-ring (bicyclic) bond motifs is 1. The lowest BCUT2D eigenvalue weighted by Gasteiger charge is -2.35. The van der Waals surface area contributed by atoms with Crippen LogP contribution in [0.3, 0.4) is 0 Å². The van der Waals surface area contributed by atoms with Crippen LogP contribution in [0.15, 0.2) is 53.7 Å². The van der Waals surface area contributed by atoms with E-state index in [1.54, 1.807) is 16.8 Å². The van der Waals surface area contributed by atoms with Gasteiger partial charge in [0.1, 0.15) is 23.5 Å². The molecule has 2 heterocycles. The van der Waals surface area contributed by atoms with Gasteiger partial charge in [0.15, 0.2) is 5.78 Å². The first kappa shape index (κ1) is 19.9. The van der Waals surface area contributed by atoms with E-state index in [9.17, 15) is 13.6 Å². The molecule has 0 amide bonds. The molecule has 0 radical (unpaired) electrons. The number of anilines is 1. The highest BCUT2D eigenvalue weighted by Crippen LogP contribution is 2.46. The number of aryl methyl sites for hydroxylation is 1. The lowest BCUT2D eigenvalue weighted by atomic mass is 9.81. The number of nitrogens with one attached hydrogen (secondary N) is 1. The standard InChI is InChI=1S/C24H20ClF2N3O/c1-12-7-19-22(20(31)8-12)23(15-9-17(26)11-18(27)10-15)30-24(28-19)21(13(2)29-30)14-3-5-16(25)6-4-14/h3-6,9-12,23,28H,7-8H2,1-2H3. The summed E-state index contributed by atoms with van der Waals surface area (Å²) >= 11 is 6.06. The highest BCUT2D eigenvalue weighted by molar-refractivity contribution is 6.30. The number of aromatic nitrogens is 2. The van der Waals surface area contributed by atoms with Crippen LogP contribution in [-0.2, 0) is 4.79 Å². The topological polar surface area (TPSA) is 46.9 Å². The zero-order chi connectivity index (χ0) is 21.9. The van der Waals surface area contributed by atoms with Crippen LogP contribution in [0.5, 0.6) is 0 Å². The van der Waals surface area contributed by atoms with Gasteiger partial charge in [-0.1, -0.05) is 30.7 Å². The van der Waals surface area contributed by atoms with Crippen LogP contribution in [0.2, 0.25) is 5.02 Å². The van der Waals surface area contributed by atoms with Crippen LogP contribution in [0.1, 0.15) is 37.1 Å². The van der Waals surface area contributed by atoms with E-state index < -0.39 is 17.7 Å². The minimum atomic E-state index is -0.698. The molecule has 2 unspecified atom stereocenters. The van der Waals surface area contributed by atoms with E-state index in [4.69, 9.17) is 16.7 Å². The molecule has 2 atom stereocenters. The van der Waals surface area contributed by atoms with Crippen molar-refractivity contribution in [2.24, 2.45) is 5.92 Å². The highest BCUT2D eigenvalue weighted by Gasteiger charge is 2.39. The second-order valence-electron chi connectivity index (χ2n) is 8.32. The Kier molecular flexibility index (Phi) is 4.70. The number of hydrogen-bond acceptors (Lipinski definition) is 3. The van der Waals surface area contributed by atoms with E-state index in [1.807, 2.05) is 26.0 Å². The number of hydrogen-bond donors (Lipinski definition) is 1. The normalized spacial score (nSPS) is 20.4. The molecular formula is C24H20ClF2N3O. The first-order valence-corrected chi connectivity index (χ1v) is 10.5. The fraction of sp³-hybridized carbons (Fsp3) is 0.250. The van der Waals surface area contributed by atoms with Crippen molar-refractivity contribution >= 4 is 23.2 Å². The maximum absolute atomic E-state index is 14.1. The van der Waals surface area contributed by atoms with Gasteiger partial charge < -0.3 is 5.32 Å². The Morgan fingerprint density at radius 3 is 2.45 bits per heavy atom. The lowest BCUT2D eigenvalue weighted by Crippen LogP contribution is -2.33. The fourth-order valence-corrected chi connectivity index (χ4v) is 4.81. The number of benzene rings is 2. The molecule has 1 aliphatic heterocycles. The summed E-state index contributed by atoms with van der Waals surface area (Å²) in [5, 5.41) is 8.76. The van der Waals surface area contributed by atoms with Gasteiger partial charge in [0, 0.05) is 34.3 Å². The van der Waals surface area contributed by atoms with Gasteiger partial charge in [-0.15, -0.1) is 0 Å². The molecule has 0 saturated heterocycles. The third kappa shape index (κ3) is 3.35. The van der Waals surface area contributed by atoms with Crippen molar-refractivity contribution < 1.29 is 13.6 Å². The molecule has 31 heavy (non-hydrogen) atoms. The Morgan fingerprint density at radius 2 is 1.77 bits per heavy atom. The molecule has 1 aromatic heterocycles. The molecule has 3 aromatic rings. The van der Waals surface area contributed by atoms with Crippen LogP contribution in [0.4, 0.5) is 14.6 Å². The number of carbonyl (C=O) groups excluding carboxylic acids is 1. The van der Waals surface area contributed by atoms with Crippen molar-refractivity contribution in [2.75, 3.05) is 5.32 Å². The van der Waals surface area contributed by atoms with Gasteiger partial charge in [-0.2, -0.15) is 5.10 Å². The van der Waals surface area contributed by atoms with Crippen LogP contribution < -0.4 is 5.32 Å². The van der Waals surface area contributed by atoms with Gasteiger partial charge in [-0.05, 0) is 54.7 Å². The Hall–Kier alpha value is -2.99. The van der Waals surface area contributed by atoms with Crippen molar-refractivity contribution in [1.82, 2.24) is 9.78 Å². The molecule has 1 aliphatic carbocycles. The highest BCUT2D eigenvalue weighted by atomic mass is 35.5. The van der Waals surface area contributed by atoms with Crippen LogP contribution in [0.25, 0.3) is 11.1 Å². The average molecular weight is 440 g/mol. The third-order valence-electron chi connectivity index (χ3n) is 5.92. The van der Waals surface area contributed by atoms with Crippen molar-refractivity contribution in [3.63, 3.8) is 0 Å². The van der Waals surface area contributed by atoms with Crippen molar-refractivity contribution in [3.05, 3.63) is 81.6 Å². The molecule has 0 spiro atoms. The molecule has 158 valence electrons. The molecule has 2 aromatic carbocycles. The predicted molar refractivity (Wildman–Crippen MR) is 116 cm³/mol. The zero-order valence-corrected chi connectivity index (χ0v) is 17.8. The molecule has 0 bridgehead atoms. The molecule has 4 nitrogen and oxygen atoms in total. The maximum Gasteiger partial charge on any atom is 0.163 e. The van der Waals surface area contributed by atoms with Crippen LogP contribution in [-0.4, -0.2) is 15.6 Å². The summed E-state index contributed by atoms with van der Waals surface area (Å²) in [4.78, 5) is 13.1. The molecule has 2 aliphatic rings. The molecule has 1 N–H and O–H groups in total. The van der Waals surface area contributed by atoms with E-state index in [0.29, 0.717) is 34.8 Å². The number of nitrogens with zero attached hydrogens (tertiary/aromatic N) is 2.